The van der Waals surface area contributed by atoms with Crippen molar-refractivity contribution in [1.29, 1.82) is 0 Å². The molecule has 1 saturated heterocycles. The van der Waals surface area contributed by atoms with Gasteiger partial charge < -0.3 is 10.0 Å². The number of anilines is 1. The van der Waals surface area contributed by atoms with Crippen LogP contribution in [0.25, 0.3) is 22.0 Å². The molecule has 0 amide bonds. The van der Waals surface area contributed by atoms with Crippen LogP contribution in [0.1, 0.15) is 18.4 Å². The van der Waals surface area contributed by atoms with Gasteiger partial charge in [0.25, 0.3) is 0 Å². The van der Waals surface area contributed by atoms with E-state index in [1.807, 2.05) is 42.6 Å². The van der Waals surface area contributed by atoms with Crippen LogP contribution in [0, 0.1) is 0 Å². The number of aromatic amines is 1. The molecule has 0 radical (unpaired) electrons. The van der Waals surface area contributed by atoms with Crippen molar-refractivity contribution >= 4 is 53.1 Å². The normalized spacial score (nSPS) is 15.2. The highest BCUT2D eigenvalue weighted by Gasteiger charge is 2.34. The summed E-state index contributed by atoms with van der Waals surface area (Å²) in [5.41, 5.74) is 3.07. The first kappa shape index (κ1) is 23.3. The standard InChI is InChI=1S/C22H20ClN5O.2ClH/c23-18-4-2-17(3-5-18)22(29)7-9-28(10-8-22)21-19-11-15(16-12-26-27-13-16)1-6-20(19)24-14-25-21;;/h1-6,11-14,29H,7-10H2,(H,26,27);2*1H. The smallest absolute Gasteiger partial charge is 0.139 e. The molecule has 0 saturated carbocycles. The predicted octanol–water partition coefficient (Wildman–Crippen LogP) is 5.00. The molecule has 5 rings (SSSR count). The number of nitrogens with one attached hydrogen (secondary N) is 1. The second kappa shape index (κ2) is 9.40. The van der Waals surface area contributed by atoms with E-state index in [2.05, 4.69) is 31.1 Å². The summed E-state index contributed by atoms with van der Waals surface area (Å²) in [6, 6.07) is 13.6. The van der Waals surface area contributed by atoms with Gasteiger partial charge in [0, 0.05) is 35.3 Å². The third-order valence-corrected chi connectivity index (χ3v) is 5.97. The minimum atomic E-state index is -0.841. The fourth-order valence-corrected chi connectivity index (χ4v) is 4.15. The Balaban J connectivity index is 0.00000136. The van der Waals surface area contributed by atoms with Gasteiger partial charge >= 0.3 is 0 Å². The van der Waals surface area contributed by atoms with Crippen LogP contribution in [0.2, 0.25) is 5.02 Å². The maximum absolute atomic E-state index is 11.2. The molecule has 2 aromatic carbocycles. The number of nitrogens with zero attached hydrogens (tertiary/aromatic N) is 4. The summed E-state index contributed by atoms with van der Waals surface area (Å²) in [7, 11) is 0. The van der Waals surface area contributed by atoms with E-state index in [4.69, 9.17) is 11.6 Å². The summed E-state index contributed by atoms with van der Waals surface area (Å²) < 4.78 is 0. The third-order valence-electron chi connectivity index (χ3n) is 5.72. The van der Waals surface area contributed by atoms with Gasteiger partial charge in [0.15, 0.2) is 0 Å². The average molecular weight is 479 g/mol. The van der Waals surface area contributed by atoms with Gasteiger partial charge in [0.1, 0.15) is 12.1 Å². The van der Waals surface area contributed by atoms with Crippen LogP contribution in [0.15, 0.2) is 61.2 Å². The SMILES string of the molecule is Cl.Cl.OC1(c2ccc(Cl)cc2)CCN(c2ncnc3ccc(-c4cn[nH]c4)cc23)CC1. The largest absolute Gasteiger partial charge is 0.385 e. The van der Waals surface area contributed by atoms with E-state index in [0.29, 0.717) is 31.0 Å². The first-order valence-corrected chi connectivity index (χ1v) is 9.97. The lowest BCUT2D eigenvalue weighted by atomic mass is 9.84. The molecule has 1 aliphatic heterocycles. The van der Waals surface area contributed by atoms with Crippen LogP contribution in [0.4, 0.5) is 5.82 Å². The van der Waals surface area contributed by atoms with Crippen LogP contribution in [-0.4, -0.2) is 38.4 Å². The monoisotopic (exact) mass is 477 g/mol. The number of hydrogen-bond donors (Lipinski definition) is 2. The second-order valence-corrected chi connectivity index (χ2v) is 7.88. The minimum absolute atomic E-state index is 0. The quantitative estimate of drug-likeness (QED) is 0.433. The number of piperidine rings is 1. The molecule has 1 fully saturated rings. The number of aromatic nitrogens is 4. The van der Waals surface area contributed by atoms with Crippen LogP contribution in [0.5, 0.6) is 0 Å². The van der Waals surface area contributed by atoms with Crippen molar-refractivity contribution in [3.05, 3.63) is 71.8 Å². The zero-order valence-electron chi connectivity index (χ0n) is 16.5. The Labute approximate surface area is 197 Å². The zero-order valence-corrected chi connectivity index (χ0v) is 18.9. The summed E-state index contributed by atoms with van der Waals surface area (Å²) in [6.07, 6.45) is 6.54. The highest BCUT2D eigenvalue weighted by Crippen LogP contribution is 2.36. The van der Waals surface area contributed by atoms with E-state index in [9.17, 15) is 5.11 Å². The highest BCUT2D eigenvalue weighted by molar-refractivity contribution is 6.30. The molecule has 0 atom stereocenters. The molecule has 162 valence electrons. The molecule has 31 heavy (non-hydrogen) atoms. The van der Waals surface area contributed by atoms with Gasteiger partial charge in [-0.25, -0.2) is 9.97 Å². The first-order chi connectivity index (χ1) is 14.1. The second-order valence-electron chi connectivity index (χ2n) is 7.44. The molecule has 0 bridgehead atoms. The van der Waals surface area contributed by atoms with Gasteiger partial charge in [-0.3, -0.25) is 5.10 Å². The summed E-state index contributed by atoms with van der Waals surface area (Å²) in [5.74, 6) is 0.901. The number of rotatable bonds is 3. The Bertz CT molecular complexity index is 1140. The van der Waals surface area contributed by atoms with Crippen LogP contribution < -0.4 is 4.90 Å². The molecule has 2 N–H and O–H groups in total. The van der Waals surface area contributed by atoms with Crippen molar-refractivity contribution in [2.75, 3.05) is 18.0 Å². The molecular weight excluding hydrogens is 457 g/mol. The predicted molar refractivity (Wildman–Crippen MR) is 128 cm³/mol. The Morgan fingerprint density at radius 2 is 1.71 bits per heavy atom. The van der Waals surface area contributed by atoms with Gasteiger partial charge in [0.05, 0.1) is 17.3 Å². The van der Waals surface area contributed by atoms with Crippen molar-refractivity contribution in [2.24, 2.45) is 0 Å². The van der Waals surface area contributed by atoms with Gasteiger partial charge in [-0.15, -0.1) is 24.8 Å². The van der Waals surface area contributed by atoms with Gasteiger partial charge in [-0.05, 0) is 48.2 Å². The molecule has 0 spiro atoms. The maximum atomic E-state index is 11.2. The number of aliphatic hydroxyl groups is 1. The number of fused-ring (bicyclic) bond motifs is 1. The van der Waals surface area contributed by atoms with Gasteiger partial charge in [-0.2, -0.15) is 5.10 Å². The first-order valence-electron chi connectivity index (χ1n) is 9.60. The lowest BCUT2D eigenvalue weighted by Crippen LogP contribution is -2.43. The number of benzene rings is 2. The van der Waals surface area contributed by atoms with E-state index < -0.39 is 5.60 Å². The van der Waals surface area contributed by atoms with Crippen molar-refractivity contribution in [3.8, 4) is 11.1 Å². The van der Waals surface area contributed by atoms with Gasteiger partial charge in [0.2, 0.25) is 0 Å². The number of hydrogen-bond acceptors (Lipinski definition) is 5. The Morgan fingerprint density at radius 1 is 0.968 bits per heavy atom. The molecule has 6 nitrogen and oxygen atoms in total. The Hall–Kier alpha value is -2.38. The highest BCUT2D eigenvalue weighted by atomic mass is 35.5. The van der Waals surface area contributed by atoms with E-state index in [1.54, 1.807) is 12.5 Å². The Kier molecular flexibility index (Phi) is 7.06. The van der Waals surface area contributed by atoms with Crippen molar-refractivity contribution < 1.29 is 5.11 Å². The lowest BCUT2D eigenvalue weighted by molar-refractivity contribution is 0.0117. The lowest BCUT2D eigenvalue weighted by Gasteiger charge is -2.39. The maximum Gasteiger partial charge on any atom is 0.139 e. The van der Waals surface area contributed by atoms with E-state index >= 15 is 0 Å². The Morgan fingerprint density at radius 3 is 2.39 bits per heavy atom. The summed E-state index contributed by atoms with van der Waals surface area (Å²) in [5, 5.41) is 19.7. The molecule has 4 aromatic rings. The minimum Gasteiger partial charge on any atom is -0.385 e. The molecule has 1 aliphatic rings. The zero-order chi connectivity index (χ0) is 19.8. The van der Waals surface area contributed by atoms with E-state index in [-0.39, 0.29) is 24.8 Å². The fraction of sp³-hybridized carbons (Fsp3) is 0.227. The van der Waals surface area contributed by atoms with Crippen molar-refractivity contribution in [2.45, 2.75) is 18.4 Å². The van der Waals surface area contributed by atoms with Crippen molar-refractivity contribution in [3.63, 3.8) is 0 Å². The summed E-state index contributed by atoms with van der Waals surface area (Å²) >= 11 is 5.99. The molecule has 3 heterocycles. The van der Waals surface area contributed by atoms with Crippen LogP contribution >= 0.6 is 36.4 Å². The van der Waals surface area contributed by atoms with Crippen molar-refractivity contribution in [1.82, 2.24) is 20.2 Å². The van der Waals surface area contributed by atoms with Gasteiger partial charge in [-0.1, -0.05) is 29.8 Å². The molecular formula is C22H22Cl3N5O. The fourth-order valence-electron chi connectivity index (χ4n) is 4.02. The summed E-state index contributed by atoms with van der Waals surface area (Å²) in [6.45, 7) is 1.42. The number of H-pyrrole nitrogens is 1. The molecule has 0 unspecified atom stereocenters. The molecule has 2 aromatic heterocycles. The van der Waals surface area contributed by atoms with Crippen LogP contribution in [0.3, 0.4) is 0 Å². The van der Waals surface area contributed by atoms with E-state index in [1.165, 1.54) is 0 Å². The van der Waals surface area contributed by atoms with Crippen LogP contribution in [-0.2, 0) is 5.60 Å². The average Bonchev–Trinajstić information content (AvgIpc) is 3.29. The summed E-state index contributed by atoms with van der Waals surface area (Å²) in [4.78, 5) is 11.2. The van der Waals surface area contributed by atoms with E-state index in [0.717, 1.165) is 33.4 Å². The topological polar surface area (TPSA) is 77.9 Å². The third kappa shape index (κ3) is 4.48. The number of halogens is 3. The molecule has 0 aliphatic carbocycles. The molecule has 9 heteroatoms.